The van der Waals surface area contributed by atoms with Crippen molar-refractivity contribution in [3.05, 3.63) is 39.9 Å². The molecule has 3 heterocycles. The number of nitrogens with two attached hydrogens (primary N) is 1. The second kappa shape index (κ2) is 7.20. The Labute approximate surface area is 139 Å². The normalized spacial score (nSPS) is 10.3. The first-order chi connectivity index (χ1) is 11.0. The first-order valence-electron chi connectivity index (χ1n) is 6.63. The van der Waals surface area contributed by atoms with Gasteiger partial charge < -0.3 is 19.9 Å². The van der Waals surface area contributed by atoms with Gasteiger partial charge in [0.05, 0.1) is 6.26 Å². The molecule has 3 aromatic rings. The lowest BCUT2D eigenvalue weighted by Gasteiger charge is -2.02. The van der Waals surface area contributed by atoms with E-state index >= 15 is 0 Å². The van der Waals surface area contributed by atoms with E-state index in [0.717, 1.165) is 27.3 Å². The Bertz CT molecular complexity index is 923. The van der Waals surface area contributed by atoms with Gasteiger partial charge in [-0.25, -0.2) is 14.5 Å². The number of aryl methyl sites for hydroxylation is 1. The van der Waals surface area contributed by atoms with Gasteiger partial charge in [-0.15, -0.1) is 0 Å². The Morgan fingerprint density at radius 2 is 2.35 bits per heavy atom. The number of fused-ring (bicyclic) bond motifs is 1. The van der Waals surface area contributed by atoms with Crippen molar-refractivity contribution in [2.75, 3.05) is 5.84 Å². The molecule has 8 nitrogen and oxygen atoms in total. The van der Waals surface area contributed by atoms with E-state index in [0.29, 0.717) is 0 Å². The lowest BCUT2D eigenvalue weighted by molar-refractivity contribution is 0.0662. The van der Waals surface area contributed by atoms with Crippen LogP contribution in [0.5, 0.6) is 0 Å². The zero-order chi connectivity index (χ0) is 17.0. The molecule has 23 heavy (non-hydrogen) atoms. The van der Waals surface area contributed by atoms with Crippen LogP contribution in [0, 0.1) is 9.36 Å². The number of rotatable bonds is 3. The van der Waals surface area contributed by atoms with E-state index in [-0.39, 0.29) is 11.2 Å². The molecule has 0 amide bonds. The standard InChI is InChI=1S/C8H11N5S2.C5H4O3/c1-2-3-12-7-5(15-8(12)14)6(9)13(10)4-11-7;6-5(7)4-2-1-3-8-4/h4,9H,2-3,10H2,1H3;1-3H,(H,6,7). The van der Waals surface area contributed by atoms with Crippen LogP contribution in [0.25, 0.3) is 10.3 Å². The molecule has 122 valence electrons. The van der Waals surface area contributed by atoms with Gasteiger partial charge in [0.1, 0.15) is 11.0 Å². The van der Waals surface area contributed by atoms with E-state index in [1.54, 1.807) is 0 Å². The van der Waals surface area contributed by atoms with Gasteiger partial charge in [0, 0.05) is 6.54 Å². The number of thiazole rings is 1. The highest BCUT2D eigenvalue weighted by Gasteiger charge is 2.08. The van der Waals surface area contributed by atoms with Gasteiger partial charge in [-0.1, -0.05) is 18.3 Å². The summed E-state index contributed by atoms with van der Waals surface area (Å²) >= 11 is 6.62. The number of furan rings is 1. The van der Waals surface area contributed by atoms with E-state index < -0.39 is 5.97 Å². The van der Waals surface area contributed by atoms with Crippen LogP contribution in [-0.2, 0) is 6.54 Å². The molecule has 0 unspecified atom stereocenters. The predicted octanol–water partition coefficient (Wildman–Crippen LogP) is 2.21. The minimum Gasteiger partial charge on any atom is -0.475 e. The SMILES string of the molecule is CCCn1c(=S)sc2c(=N)n(N)cnc21.O=C(O)c1ccco1. The summed E-state index contributed by atoms with van der Waals surface area (Å²) < 4.78 is 9.14. The van der Waals surface area contributed by atoms with E-state index in [1.807, 2.05) is 4.57 Å². The number of nitrogen functional groups attached to an aromatic ring is 1. The molecule has 0 fully saturated rings. The predicted molar refractivity (Wildman–Crippen MR) is 88.4 cm³/mol. The minimum absolute atomic E-state index is 0.0231. The number of hydrogen-bond acceptors (Lipinski definition) is 7. The Morgan fingerprint density at radius 3 is 2.87 bits per heavy atom. The number of carbonyl (C=O) groups is 1. The van der Waals surface area contributed by atoms with Crippen molar-refractivity contribution < 1.29 is 14.3 Å². The van der Waals surface area contributed by atoms with Crippen molar-refractivity contribution in [1.82, 2.24) is 14.2 Å². The third kappa shape index (κ3) is 3.66. The smallest absolute Gasteiger partial charge is 0.371 e. The molecule has 0 spiro atoms. The van der Waals surface area contributed by atoms with Crippen LogP contribution in [0.3, 0.4) is 0 Å². The summed E-state index contributed by atoms with van der Waals surface area (Å²) in [7, 11) is 0. The molecule has 3 rings (SSSR count). The average Bonchev–Trinajstić information content (AvgIpc) is 3.14. The highest BCUT2D eigenvalue weighted by Crippen LogP contribution is 2.17. The van der Waals surface area contributed by atoms with Gasteiger partial charge in [-0.3, -0.25) is 5.41 Å². The van der Waals surface area contributed by atoms with Crippen LogP contribution in [0.1, 0.15) is 23.9 Å². The Hall–Kier alpha value is -2.46. The second-order valence-electron chi connectivity index (χ2n) is 4.46. The number of hydrogen-bond donors (Lipinski definition) is 3. The molecule has 0 saturated carbocycles. The Balaban J connectivity index is 0.000000203. The van der Waals surface area contributed by atoms with E-state index in [4.69, 9.17) is 28.6 Å². The van der Waals surface area contributed by atoms with E-state index in [9.17, 15) is 4.79 Å². The fourth-order valence-electron chi connectivity index (χ4n) is 1.79. The van der Waals surface area contributed by atoms with Crippen molar-refractivity contribution >= 4 is 39.9 Å². The summed E-state index contributed by atoms with van der Waals surface area (Å²) in [5.41, 5.74) is 1.02. The molecule has 3 aromatic heterocycles. The highest BCUT2D eigenvalue weighted by atomic mass is 32.1. The van der Waals surface area contributed by atoms with Crippen LogP contribution in [0.2, 0.25) is 0 Å². The molecule has 0 saturated heterocycles. The van der Waals surface area contributed by atoms with Gasteiger partial charge in [0.25, 0.3) is 0 Å². The highest BCUT2D eigenvalue weighted by molar-refractivity contribution is 7.73. The van der Waals surface area contributed by atoms with Crippen LogP contribution in [-0.4, -0.2) is 25.3 Å². The molecule has 10 heteroatoms. The average molecular weight is 353 g/mol. The third-order valence-electron chi connectivity index (χ3n) is 2.83. The summed E-state index contributed by atoms with van der Waals surface area (Å²) in [4.78, 5) is 14.2. The first kappa shape index (κ1) is 16.9. The number of carboxylic acid groups (broad SMARTS) is 1. The Kier molecular flexibility index (Phi) is 5.29. The van der Waals surface area contributed by atoms with Crippen molar-refractivity contribution in [2.45, 2.75) is 19.9 Å². The first-order valence-corrected chi connectivity index (χ1v) is 7.85. The third-order valence-corrected chi connectivity index (χ3v) is 4.27. The van der Waals surface area contributed by atoms with Gasteiger partial charge in [0.2, 0.25) is 5.76 Å². The largest absolute Gasteiger partial charge is 0.475 e. The van der Waals surface area contributed by atoms with Gasteiger partial charge in [-0.05, 0) is 30.8 Å². The van der Waals surface area contributed by atoms with Crippen LogP contribution >= 0.6 is 23.6 Å². The summed E-state index contributed by atoms with van der Waals surface area (Å²) in [6.45, 7) is 2.92. The van der Waals surface area contributed by atoms with Gasteiger partial charge in [-0.2, -0.15) is 0 Å². The molecule has 0 aliphatic heterocycles. The molecule has 0 radical (unpaired) electrons. The summed E-state index contributed by atoms with van der Waals surface area (Å²) in [6.07, 6.45) is 3.76. The van der Waals surface area contributed by atoms with E-state index in [2.05, 4.69) is 16.3 Å². The number of nitrogens with one attached hydrogen (secondary N) is 1. The molecular formula is C13H15N5O3S2. The lowest BCUT2D eigenvalue weighted by atomic mass is 10.4. The zero-order valence-electron chi connectivity index (χ0n) is 12.2. The minimum atomic E-state index is -1.03. The number of carboxylic acids is 1. The van der Waals surface area contributed by atoms with Crippen molar-refractivity contribution in [3.63, 3.8) is 0 Å². The Morgan fingerprint density at radius 1 is 1.61 bits per heavy atom. The molecular weight excluding hydrogens is 338 g/mol. The molecule has 0 aromatic carbocycles. The van der Waals surface area contributed by atoms with Gasteiger partial charge >= 0.3 is 5.97 Å². The number of aromatic nitrogens is 3. The van der Waals surface area contributed by atoms with Crippen LogP contribution in [0.4, 0.5) is 0 Å². The number of nitrogens with zero attached hydrogens (tertiary/aromatic N) is 3. The monoisotopic (exact) mass is 353 g/mol. The fraction of sp³-hybridized carbons (Fsp3) is 0.231. The van der Waals surface area contributed by atoms with Crippen molar-refractivity contribution in [3.8, 4) is 0 Å². The second-order valence-corrected chi connectivity index (χ2v) is 6.10. The van der Waals surface area contributed by atoms with E-state index in [1.165, 1.54) is 40.7 Å². The quantitative estimate of drug-likeness (QED) is 0.490. The zero-order valence-corrected chi connectivity index (χ0v) is 13.9. The van der Waals surface area contributed by atoms with Crippen molar-refractivity contribution in [2.24, 2.45) is 0 Å². The van der Waals surface area contributed by atoms with Crippen LogP contribution < -0.4 is 11.3 Å². The molecule has 0 aliphatic carbocycles. The molecule has 0 aliphatic rings. The lowest BCUT2D eigenvalue weighted by Crippen LogP contribution is -2.27. The summed E-state index contributed by atoms with van der Waals surface area (Å²) in [5.74, 6) is 4.49. The summed E-state index contributed by atoms with van der Waals surface area (Å²) in [6, 6.07) is 2.92. The molecule has 0 atom stereocenters. The van der Waals surface area contributed by atoms with Crippen molar-refractivity contribution in [1.29, 1.82) is 5.41 Å². The maximum absolute atomic E-state index is 9.97. The topological polar surface area (TPSA) is 123 Å². The van der Waals surface area contributed by atoms with Crippen LogP contribution in [0.15, 0.2) is 29.1 Å². The summed E-state index contributed by atoms with van der Waals surface area (Å²) in [5, 5.41) is 16.0. The fourth-order valence-corrected chi connectivity index (χ4v) is 3.14. The maximum atomic E-state index is 9.97. The molecule has 0 bridgehead atoms. The molecule has 4 N–H and O–H groups in total. The number of aromatic carboxylic acids is 1. The maximum Gasteiger partial charge on any atom is 0.371 e. The van der Waals surface area contributed by atoms with Gasteiger partial charge in [0.15, 0.2) is 15.1 Å².